The lowest BCUT2D eigenvalue weighted by molar-refractivity contribution is -0.695. The van der Waals surface area contributed by atoms with Gasteiger partial charge in [-0.1, -0.05) is 0 Å². The van der Waals surface area contributed by atoms with Gasteiger partial charge in [0.1, 0.15) is 17.1 Å². The van der Waals surface area contributed by atoms with E-state index in [0.717, 1.165) is 10.6 Å². The van der Waals surface area contributed by atoms with Crippen molar-refractivity contribution in [3.63, 3.8) is 0 Å². The van der Waals surface area contributed by atoms with Gasteiger partial charge in [-0.25, -0.2) is 9.55 Å². The Morgan fingerprint density at radius 3 is 2.55 bits per heavy atom. The molecule has 20 heavy (non-hydrogen) atoms. The van der Waals surface area contributed by atoms with Gasteiger partial charge < -0.3 is 5.11 Å². The Hall–Kier alpha value is -2.15. The minimum atomic E-state index is -0.938. The first-order valence-electron chi connectivity index (χ1n) is 6.15. The Morgan fingerprint density at radius 1 is 1.20 bits per heavy atom. The third-order valence-electron chi connectivity index (χ3n) is 2.77. The van der Waals surface area contributed by atoms with Gasteiger partial charge in [0.15, 0.2) is 18.9 Å². The standard InChI is InChI=1S/C13H13N3O3S/c17-11(1-2-12(18)19)5-8-16-6-3-10(4-7-16)13-14-9-15-20-13/h3-4,6-7,9H,1-2,5,8H2/p+1. The van der Waals surface area contributed by atoms with Gasteiger partial charge in [-0.05, 0) is 11.5 Å². The van der Waals surface area contributed by atoms with E-state index in [1.165, 1.54) is 17.9 Å². The predicted octanol–water partition coefficient (Wildman–Crippen LogP) is 1.32. The number of carbonyl (C=O) groups excluding carboxylic acids is 1. The summed E-state index contributed by atoms with van der Waals surface area (Å²) < 4.78 is 5.84. The van der Waals surface area contributed by atoms with Gasteiger partial charge in [-0.3, -0.25) is 9.59 Å². The molecule has 0 radical (unpaired) electrons. The largest absolute Gasteiger partial charge is 0.481 e. The highest BCUT2D eigenvalue weighted by molar-refractivity contribution is 7.09. The molecule has 2 aromatic rings. The summed E-state index contributed by atoms with van der Waals surface area (Å²) in [5.74, 6) is -0.972. The highest BCUT2D eigenvalue weighted by Crippen LogP contribution is 2.17. The van der Waals surface area contributed by atoms with Gasteiger partial charge in [0, 0.05) is 24.1 Å². The number of pyridine rings is 1. The zero-order valence-corrected chi connectivity index (χ0v) is 11.5. The van der Waals surface area contributed by atoms with Crippen molar-refractivity contribution in [2.75, 3.05) is 0 Å². The Labute approximate surface area is 119 Å². The van der Waals surface area contributed by atoms with E-state index in [9.17, 15) is 9.59 Å². The van der Waals surface area contributed by atoms with Gasteiger partial charge in [0.05, 0.1) is 12.8 Å². The number of nitrogens with zero attached hydrogens (tertiary/aromatic N) is 3. The number of aliphatic carboxylic acids is 1. The number of aryl methyl sites for hydroxylation is 1. The maximum atomic E-state index is 11.5. The molecule has 0 aliphatic heterocycles. The number of carbonyl (C=O) groups is 2. The first-order chi connectivity index (χ1) is 9.65. The van der Waals surface area contributed by atoms with E-state index in [-0.39, 0.29) is 18.6 Å². The minimum Gasteiger partial charge on any atom is -0.481 e. The van der Waals surface area contributed by atoms with E-state index < -0.39 is 5.97 Å². The minimum absolute atomic E-state index is 0.0342. The molecule has 0 fully saturated rings. The molecule has 0 aromatic carbocycles. The predicted molar refractivity (Wildman–Crippen MR) is 72.0 cm³/mol. The highest BCUT2D eigenvalue weighted by Gasteiger charge is 2.10. The van der Waals surface area contributed by atoms with Gasteiger partial charge in [0.25, 0.3) is 0 Å². The second-order valence-electron chi connectivity index (χ2n) is 4.25. The highest BCUT2D eigenvalue weighted by atomic mass is 32.1. The van der Waals surface area contributed by atoms with Crippen molar-refractivity contribution in [3.05, 3.63) is 30.9 Å². The van der Waals surface area contributed by atoms with Crippen molar-refractivity contribution in [1.29, 1.82) is 0 Å². The van der Waals surface area contributed by atoms with E-state index in [1.807, 2.05) is 29.1 Å². The zero-order valence-electron chi connectivity index (χ0n) is 10.7. The Morgan fingerprint density at radius 2 is 1.95 bits per heavy atom. The first-order valence-corrected chi connectivity index (χ1v) is 6.92. The average molecular weight is 292 g/mol. The summed E-state index contributed by atoms with van der Waals surface area (Å²) in [5.41, 5.74) is 0.987. The van der Waals surface area contributed by atoms with Crippen LogP contribution < -0.4 is 4.57 Å². The van der Waals surface area contributed by atoms with Crippen LogP contribution >= 0.6 is 11.5 Å². The molecule has 7 heteroatoms. The average Bonchev–Trinajstić information content (AvgIpc) is 2.97. The van der Waals surface area contributed by atoms with Crippen molar-refractivity contribution in [2.45, 2.75) is 25.8 Å². The lowest BCUT2D eigenvalue weighted by atomic mass is 10.1. The van der Waals surface area contributed by atoms with Crippen LogP contribution in [0.3, 0.4) is 0 Å². The third-order valence-corrected chi connectivity index (χ3v) is 3.48. The van der Waals surface area contributed by atoms with Crippen LogP contribution in [0, 0.1) is 0 Å². The molecule has 6 nitrogen and oxygen atoms in total. The van der Waals surface area contributed by atoms with Crippen molar-refractivity contribution < 1.29 is 19.3 Å². The van der Waals surface area contributed by atoms with Gasteiger partial charge in [-0.2, -0.15) is 4.37 Å². The van der Waals surface area contributed by atoms with Crippen LogP contribution in [0.15, 0.2) is 30.9 Å². The third kappa shape index (κ3) is 4.20. The van der Waals surface area contributed by atoms with Crippen LogP contribution in [-0.2, 0) is 16.1 Å². The molecule has 0 saturated heterocycles. The molecule has 104 valence electrons. The van der Waals surface area contributed by atoms with Crippen LogP contribution in [0.5, 0.6) is 0 Å². The van der Waals surface area contributed by atoms with Crippen LogP contribution in [0.25, 0.3) is 10.6 Å². The zero-order chi connectivity index (χ0) is 14.4. The van der Waals surface area contributed by atoms with Gasteiger partial charge in [0.2, 0.25) is 0 Å². The van der Waals surface area contributed by atoms with E-state index in [2.05, 4.69) is 9.36 Å². The summed E-state index contributed by atoms with van der Waals surface area (Å²) in [7, 11) is 0. The number of carboxylic acids is 1. The normalized spacial score (nSPS) is 10.4. The molecule has 0 unspecified atom stereocenters. The number of Topliss-reactive ketones (excluding diaryl/α,β-unsaturated/α-hetero) is 1. The fourth-order valence-electron chi connectivity index (χ4n) is 1.67. The van der Waals surface area contributed by atoms with Crippen molar-refractivity contribution in [3.8, 4) is 10.6 Å². The topological polar surface area (TPSA) is 84.0 Å². The fourth-order valence-corrected chi connectivity index (χ4v) is 2.20. The molecule has 0 aliphatic rings. The second kappa shape index (κ2) is 6.85. The van der Waals surface area contributed by atoms with Crippen molar-refractivity contribution >= 4 is 23.3 Å². The summed E-state index contributed by atoms with van der Waals surface area (Å²) in [4.78, 5) is 26.0. The number of hydrogen-bond donors (Lipinski definition) is 1. The molecule has 0 saturated carbocycles. The molecule has 2 aromatic heterocycles. The lowest BCUT2D eigenvalue weighted by Crippen LogP contribution is -2.33. The molecule has 0 aliphatic carbocycles. The van der Waals surface area contributed by atoms with Crippen molar-refractivity contribution in [2.24, 2.45) is 0 Å². The van der Waals surface area contributed by atoms with Crippen LogP contribution in [0.4, 0.5) is 0 Å². The van der Waals surface area contributed by atoms with E-state index in [0.29, 0.717) is 13.0 Å². The number of aromatic nitrogens is 3. The summed E-state index contributed by atoms with van der Waals surface area (Å²) in [5, 5.41) is 9.36. The maximum Gasteiger partial charge on any atom is 0.303 e. The van der Waals surface area contributed by atoms with E-state index in [4.69, 9.17) is 5.11 Å². The SMILES string of the molecule is O=C(O)CCC(=O)CC[n+]1ccc(-c2ncns2)cc1. The van der Waals surface area contributed by atoms with Crippen LogP contribution in [0.2, 0.25) is 0 Å². The molecule has 0 spiro atoms. The lowest BCUT2D eigenvalue weighted by Gasteiger charge is -1.98. The van der Waals surface area contributed by atoms with Crippen molar-refractivity contribution in [1.82, 2.24) is 9.36 Å². The summed E-state index contributed by atoms with van der Waals surface area (Å²) in [6.07, 6.45) is 5.61. The Kier molecular flexibility index (Phi) is 4.89. The molecule has 2 heterocycles. The molecular weight excluding hydrogens is 278 g/mol. The molecular formula is C13H14N3O3S+. The maximum absolute atomic E-state index is 11.5. The fraction of sp³-hybridized carbons (Fsp3) is 0.308. The number of ketones is 1. The molecule has 1 N–H and O–H groups in total. The van der Waals surface area contributed by atoms with E-state index in [1.54, 1.807) is 0 Å². The monoisotopic (exact) mass is 292 g/mol. The Bertz CT molecular complexity index is 581. The first kappa shape index (κ1) is 14.3. The summed E-state index contributed by atoms with van der Waals surface area (Å²) in [6, 6.07) is 3.84. The van der Waals surface area contributed by atoms with Gasteiger partial charge in [-0.15, -0.1) is 0 Å². The smallest absolute Gasteiger partial charge is 0.303 e. The van der Waals surface area contributed by atoms with Gasteiger partial charge >= 0.3 is 5.97 Å². The summed E-state index contributed by atoms with van der Waals surface area (Å²) >= 11 is 1.33. The molecule has 2 rings (SSSR count). The molecule has 0 atom stereocenters. The van der Waals surface area contributed by atoms with Crippen LogP contribution in [0.1, 0.15) is 19.3 Å². The summed E-state index contributed by atoms with van der Waals surface area (Å²) in [6.45, 7) is 0.550. The number of rotatable bonds is 7. The quantitative estimate of drug-likeness (QED) is 0.778. The molecule has 0 bridgehead atoms. The number of hydrogen-bond acceptors (Lipinski definition) is 5. The Balaban J connectivity index is 1.85. The number of carboxylic acid groups (broad SMARTS) is 1. The van der Waals surface area contributed by atoms with Crippen LogP contribution in [-0.4, -0.2) is 26.2 Å². The van der Waals surface area contributed by atoms with E-state index >= 15 is 0 Å². The second-order valence-corrected chi connectivity index (χ2v) is 5.03. The molecule has 0 amide bonds.